The van der Waals surface area contributed by atoms with Gasteiger partial charge in [-0.2, -0.15) is 9.78 Å². The Labute approximate surface area is 195 Å². The van der Waals surface area contributed by atoms with E-state index in [2.05, 4.69) is 10.4 Å². The average Bonchev–Trinajstić information content (AvgIpc) is 2.85. The van der Waals surface area contributed by atoms with Gasteiger partial charge in [-0.05, 0) is 37.1 Å². The lowest BCUT2D eigenvalue weighted by Crippen LogP contribution is -2.47. The highest BCUT2D eigenvalue weighted by Crippen LogP contribution is 2.16. The maximum absolute atomic E-state index is 14.6. The number of amides is 1. The van der Waals surface area contributed by atoms with Crippen molar-refractivity contribution < 1.29 is 9.18 Å². The van der Waals surface area contributed by atoms with E-state index in [0.717, 1.165) is 14.8 Å². The predicted octanol–water partition coefficient (Wildman–Crippen LogP) is 3.63. The first-order valence-electron chi connectivity index (χ1n) is 10.8. The standard InChI is InChI=1S/C26H23FN4O3/c1-17(19-11-5-3-6-12-19)28-24(32)23-25(33)30(18(2)20-13-7-4-8-14-20)26(34)31(29-23)22-16-10-9-15-21(22)27/h3-18H,1-2H3,(H,28,32)/t17-,18+/m0/s1. The Bertz CT molecular complexity index is 1430. The molecule has 8 heteroatoms. The molecule has 2 atom stereocenters. The molecule has 0 radical (unpaired) electrons. The molecule has 1 aromatic heterocycles. The molecule has 0 aliphatic heterocycles. The van der Waals surface area contributed by atoms with Crippen LogP contribution in [0.3, 0.4) is 0 Å². The van der Waals surface area contributed by atoms with Gasteiger partial charge in [0.15, 0.2) is 0 Å². The number of carbonyl (C=O) groups excluding carboxylic acids is 1. The molecule has 1 amide bonds. The highest BCUT2D eigenvalue weighted by atomic mass is 19.1. The third-order valence-corrected chi connectivity index (χ3v) is 5.62. The molecule has 0 saturated heterocycles. The van der Waals surface area contributed by atoms with Gasteiger partial charge in [-0.15, -0.1) is 0 Å². The first kappa shape index (κ1) is 22.8. The van der Waals surface area contributed by atoms with E-state index in [-0.39, 0.29) is 5.69 Å². The molecule has 172 valence electrons. The molecular weight excluding hydrogens is 435 g/mol. The highest BCUT2D eigenvalue weighted by molar-refractivity contribution is 5.92. The van der Waals surface area contributed by atoms with E-state index < -0.39 is 40.8 Å². The van der Waals surface area contributed by atoms with Crippen molar-refractivity contribution in [3.63, 3.8) is 0 Å². The van der Waals surface area contributed by atoms with Crippen LogP contribution in [0.25, 0.3) is 5.69 Å². The second kappa shape index (κ2) is 9.66. The summed E-state index contributed by atoms with van der Waals surface area (Å²) in [4.78, 5) is 39.9. The number of hydrogen-bond acceptors (Lipinski definition) is 4. The van der Waals surface area contributed by atoms with E-state index in [1.54, 1.807) is 44.2 Å². The van der Waals surface area contributed by atoms with E-state index >= 15 is 0 Å². The topological polar surface area (TPSA) is 86.0 Å². The summed E-state index contributed by atoms with van der Waals surface area (Å²) in [6, 6.07) is 22.5. The third kappa shape index (κ3) is 4.43. The van der Waals surface area contributed by atoms with Gasteiger partial charge >= 0.3 is 5.69 Å². The van der Waals surface area contributed by atoms with Crippen molar-refractivity contribution in [2.75, 3.05) is 0 Å². The van der Waals surface area contributed by atoms with Gasteiger partial charge in [0.1, 0.15) is 11.5 Å². The Hall–Kier alpha value is -4.33. The number of halogens is 1. The van der Waals surface area contributed by atoms with E-state index in [1.807, 2.05) is 36.4 Å². The summed E-state index contributed by atoms with van der Waals surface area (Å²) in [5, 5.41) is 6.75. The number of rotatable bonds is 6. The van der Waals surface area contributed by atoms with Crippen LogP contribution in [0.5, 0.6) is 0 Å². The number of para-hydroxylation sites is 1. The van der Waals surface area contributed by atoms with E-state index in [1.165, 1.54) is 18.2 Å². The molecule has 3 aromatic carbocycles. The maximum atomic E-state index is 14.6. The fourth-order valence-corrected chi connectivity index (χ4v) is 3.72. The van der Waals surface area contributed by atoms with Gasteiger partial charge < -0.3 is 5.32 Å². The van der Waals surface area contributed by atoms with Crippen molar-refractivity contribution in [2.24, 2.45) is 0 Å². The summed E-state index contributed by atoms with van der Waals surface area (Å²) < 4.78 is 16.3. The molecule has 0 unspecified atom stereocenters. The first-order valence-corrected chi connectivity index (χ1v) is 10.8. The molecule has 7 nitrogen and oxygen atoms in total. The number of carbonyl (C=O) groups is 1. The van der Waals surface area contributed by atoms with Crippen LogP contribution in [0.1, 0.15) is 47.5 Å². The molecule has 0 spiro atoms. The predicted molar refractivity (Wildman–Crippen MR) is 127 cm³/mol. The monoisotopic (exact) mass is 458 g/mol. The van der Waals surface area contributed by atoms with Gasteiger partial charge in [0, 0.05) is 0 Å². The van der Waals surface area contributed by atoms with Crippen molar-refractivity contribution >= 4 is 5.91 Å². The van der Waals surface area contributed by atoms with Crippen molar-refractivity contribution in [1.82, 2.24) is 19.7 Å². The van der Waals surface area contributed by atoms with Crippen molar-refractivity contribution in [3.8, 4) is 5.69 Å². The quantitative estimate of drug-likeness (QED) is 0.478. The number of aromatic nitrogens is 3. The lowest BCUT2D eigenvalue weighted by molar-refractivity contribution is 0.0929. The molecule has 4 aromatic rings. The van der Waals surface area contributed by atoms with Crippen LogP contribution in [0.2, 0.25) is 0 Å². The summed E-state index contributed by atoms with van der Waals surface area (Å²) in [5.41, 5.74) is -0.862. The van der Waals surface area contributed by atoms with Gasteiger partial charge in [-0.1, -0.05) is 72.8 Å². The van der Waals surface area contributed by atoms with Gasteiger partial charge in [0.05, 0.1) is 12.1 Å². The minimum Gasteiger partial charge on any atom is -0.344 e. The van der Waals surface area contributed by atoms with E-state index in [4.69, 9.17) is 0 Å². The molecule has 0 aliphatic carbocycles. The van der Waals surface area contributed by atoms with Gasteiger partial charge in [0.2, 0.25) is 5.69 Å². The summed E-state index contributed by atoms with van der Waals surface area (Å²) in [7, 11) is 0. The zero-order valence-corrected chi connectivity index (χ0v) is 18.7. The van der Waals surface area contributed by atoms with E-state index in [0.29, 0.717) is 5.56 Å². The number of hydrogen-bond donors (Lipinski definition) is 1. The summed E-state index contributed by atoms with van der Waals surface area (Å²) in [6.45, 7) is 3.43. The molecule has 0 bridgehead atoms. The zero-order chi connectivity index (χ0) is 24.2. The molecule has 1 N–H and O–H groups in total. The lowest BCUT2D eigenvalue weighted by atomic mass is 10.1. The van der Waals surface area contributed by atoms with E-state index in [9.17, 15) is 18.8 Å². The van der Waals surface area contributed by atoms with Crippen LogP contribution in [0, 0.1) is 5.82 Å². The minimum atomic E-state index is -0.855. The SMILES string of the molecule is C[C@H](NC(=O)c1nn(-c2ccccc2F)c(=O)n([C@H](C)c2ccccc2)c1=O)c1ccccc1. The Morgan fingerprint density at radius 3 is 2.03 bits per heavy atom. The minimum absolute atomic E-state index is 0.160. The van der Waals surface area contributed by atoms with Crippen molar-refractivity contribution in [3.05, 3.63) is 128 Å². The molecule has 4 rings (SSSR count). The molecule has 34 heavy (non-hydrogen) atoms. The average molecular weight is 458 g/mol. The van der Waals surface area contributed by atoms with Crippen LogP contribution >= 0.6 is 0 Å². The second-order valence-electron chi connectivity index (χ2n) is 7.86. The van der Waals surface area contributed by atoms with Crippen molar-refractivity contribution in [1.29, 1.82) is 0 Å². The Kier molecular flexibility index (Phi) is 6.49. The van der Waals surface area contributed by atoms with Gasteiger partial charge in [0.25, 0.3) is 11.5 Å². The van der Waals surface area contributed by atoms with Crippen LogP contribution in [-0.4, -0.2) is 20.3 Å². The van der Waals surface area contributed by atoms with Crippen LogP contribution < -0.4 is 16.6 Å². The Morgan fingerprint density at radius 2 is 1.41 bits per heavy atom. The fraction of sp³-hybridized carbons (Fsp3) is 0.154. The zero-order valence-electron chi connectivity index (χ0n) is 18.7. The maximum Gasteiger partial charge on any atom is 0.352 e. The van der Waals surface area contributed by atoms with Gasteiger partial charge in [-0.25, -0.2) is 13.8 Å². The Balaban J connectivity index is 1.87. The summed E-state index contributed by atoms with van der Waals surface area (Å²) in [5.74, 6) is -1.47. The van der Waals surface area contributed by atoms with Crippen molar-refractivity contribution in [2.45, 2.75) is 25.9 Å². The largest absolute Gasteiger partial charge is 0.352 e. The molecule has 0 aliphatic rings. The second-order valence-corrected chi connectivity index (χ2v) is 7.86. The third-order valence-electron chi connectivity index (χ3n) is 5.62. The van der Waals surface area contributed by atoms with Gasteiger partial charge in [-0.3, -0.25) is 9.59 Å². The lowest BCUT2D eigenvalue weighted by Gasteiger charge is -2.19. The van der Waals surface area contributed by atoms with Crippen LogP contribution in [-0.2, 0) is 0 Å². The summed E-state index contributed by atoms with van der Waals surface area (Å²) >= 11 is 0. The molecule has 0 fully saturated rings. The molecule has 0 saturated carbocycles. The number of nitrogens with one attached hydrogen (secondary N) is 1. The number of nitrogens with zero attached hydrogens (tertiary/aromatic N) is 3. The highest BCUT2D eigenvalue weighted by Gasteiger charge is 2.25. The van der Waals surface area contributed by atoms with Crippen LogP contribution in [0.15, 0.2) is 94.5 Å². The molecular formula is C26H23FN4O3. The first-order chi connectivity index (χ1) is 16.4. The smallest absolute Gasteiger partial charge is 0.344 e. The summed E-state index contributed by atoms with van der Waals surface area (Å²) in [6.07, 6.45) is 0. The Morgan fingerprint density at radius 1 is 0.853 bits per heavy atom. The van der Waals surface area contributed by atoms with Crippen LogP contribution in [0.4, 0.5) is 4.39 Å². The number of benzene rings is 3. The fourth-order valence-electron chi connectivity index (χ4n) is 3.72. The molecule has 1 heterocycles. The normalized spacial score (nSPS) is 12.7.